The molecule has 2 rings (SSSR count). The molecule has 0 spiro atoms. The lowest BCUT2D eigenvalue weighted by molar-refractivity contribution is -0.385. The van der Waals surface area contributed by atoms with Crippen LogP contribution in [0.15, 0.2) is 12.1 Å². The van der Waals surface area contributed by atoms with Gasteiger partial charge < -0.3 is 4.74 Å². The van der Waals surface area contributed by atoms with Crippen molar-refractivity contribution in [3.8, 4) is 5.88 Å². The number of rotatable bonds is 5. The normalized spacial score (nSPS) is 15.4. The maximum atomic E-state index is 10.6. The average molecular weight is 257 g/mol. The van der Waals surface area contributed by atoms with Gasteiger partial charge in [0.25, 0.3) is 5.69 Å². The molecule has 1 aromatic rings. The molecule has 0 bridgehead atoms. The van der Waals surface area contributed by atoms with Crippen LogP contribution in [0.1, 0.15) is 25.7 Å². The molecular formula is C11H13ClN2O3. The minimum atomic E-state index is -0.508. The van der Waals surface area contributed by atoms with Crippen molar-refractivity contribution in [1.29, 1.82) is 0 Å². The van der Waals surface area contributed by atoms with Crippen molar-refractivity contribution in [2.75, 3.05) is 6.61 Å². The van der Waals surface area contributed by atoms with Gasteiger partial charge in [-0.2, -0.15) is 0 Å². The van der Waals surface area contributed by atoms with E-state index in [9.17, 15) is 10.1 Å². The molecular weight excluding hydrogens is 244 g/mol. The smallest absolute Gasteiger partial charge is 0.277 e. The Labute approximate surface area is 104 Å². The van der Waals surface area contributed by atoms with Gasteiger partial charge >= 0.3 is 0 Å². The SMILES string of the molecule is O=[N+]([O-])c1cc(Cl)nc(OCCC2CCC2)c1. The molecule has 1 aliphatic rings. The first-order chi connectivity index (χ1) is 8.15. The fraction of sp³-hybridized carbons (Fsp3) is 0.545. The third-order valence-corrected chi connectivity index (χ3v) is 3.16. The summed E-state index contributed by atoms with van der Waals surface area (Å²) in [5.41, 5.74) is -0.0938. The number of nitrogens with zero attached hydrogens (tertiary/aromatic N) is 2. The van der Waals surface area contributed by atoms with Crippen LogP contribution in [0.3, 0.4) is 0 Å². The molecule has 92 valence electrons. The Balaban J connectivity index is 1.92. The molecule has 1 saturated carbocycles. The Morgan fingerprint density at radius 3 is 2.88 bits per heavy atom. The van der Waals surface area contributed by atoms with E-state index in [-0.39, 0.29) is 16.7 Å². The van der Waals surface area contributed by atoms with E-state index in [0.717, 1.165) is 12.3 Å². The van der Waals surface area contributed by atoms with Gasteiger partial charge in [0, 0.05) is 0 Å². The fourth-order valence-electron chi connectivity index (χ4n) is 1.75. The Kier molecular flexibility index (Phi) is 3.78. The highest BCUT2D eigenvalue weighted by Gasteiger charge is 2.17. The monoisotopic (exact) mass is 256 g/mol. The second-order valence-electron chi connectivity index (χ2n) is 4.18. The summed E-state index contributed by atoms with van der Waals surface area (Å²) < 4.78 is 5.38. The van der Waals surface area contributed by atoms with Gasteiger partial charge in [-0.25, -0.2) is 4.98 Å². The highest BCUT2D eigenvalue weighted by Crippen LogP contribution is 2.29. The molecule has 17 heavy (non-hydrogen) atoms. The van der Waals surface area contributed by atoms with Gasteiger partial charge in [-0.15, -0.1) is 0 Å². The van der Waals surface area contributed by atoms with Crippen LogP contribution in [0.25, 0.3) is 0 Å². The molecule has 1 heterocycles. The summed E-state index contributed by atoms with van der Waals surface area (Å²) in [5.74, 6) is 0.965. The zero-order valence-electron chi connectivity index (χ0n) is 9.26. The molecule has 0 unspecified atom stereocenters. The Morgan fingerprint density at radius 1 is 1.53 bits per heavy atom. The number of hydrogen-bond acceptors (Lipinski definition) is 4. The molecule has 0 atom stereocenters. The molecule has 0 saturated heterocycles. The first-order valence-corrected chi connectivity index (χ1v) is 5.98. The van der Waals surface area contributed by atoms with Crippen LogP contribution in [0.4, 0.5) is 5.69 Å². The number of hydrogen-bond donors (Lipinski definition) is 0. The second-order valence-corrected chi connectivity index (χ2v) is 4.56. The molecule has 0 radical (unpaired) electrons. The first-order valence-electron chi connectivity index (χ1n) is 5.60. The number of aromatic nitrogens is 1. The molecule has 0 aliphatic heterocycles. The molecule has 5 nitrogen and oxygen atoms in total. The van der Waals surface area contributed by atoms with Crippen LogP contribution in [-0.4, -0.2) is 16.5 Å². The predicted molar refractivity (Wildman–Crippen MR) is 63.4 cm³/mol. The molecule has 6 heteroatoms. The van der Waals surface area contributed by atoms with E-state index in [1.807, 2.05) is 0 Å². The predicted octanol–water partition coefficient (Wildman–Crippen LogP) is 3.21. The molecule has 1 aliphatic carbocycles. The largest absolute Gasteiger partial charge is 0.477 e. The maximum Gasteiger partial charge on any atom is 0.277 e. The van der Waals surface area contributed by atoms with Crippen molar-refractivity contribution < 1.29 is 9.66 Å². The molecule has 0 aromatic carbocycles. The topological polar surface area (TPSA) is 65.3 Å². The second kappa shape index (κ2) is 5.31. The van der Waals surface area contributed by atoms with E-state index >= 15 is 0 Å². The zero-order chi connectivity index (χ0) is 12.3. The lowest BCUT2D eigenvalue weighted by Gasteiger charge is -2.24. The van der Waals surface area contributed by atoms with E-state index in [1.165, 1.54) is 31.4 Å². The summed E-state index contributed by atoms with van der Waals surface area (Å²) in [7, 11) is 0. The zero-order valence-corrected chi connectivity index (χ0v) is 10.0. The number of pyridine rings is 1. The average Bonchev–Trinajstić information content (AvgIpc) is 2.21. The van der Waals surface area contributed by atoms with Crippen LogP contribution >= 0.6 is 11.6 Å². The Morgan fingerprint density at radius 2 is 2.29 bits per heavy atom. The maximum absolute atomic E-state index is 10.6. The lowest BCUT2D eigenvalue weighted by Crippen LogP contribution is -2.14. The summed E-state index contributed by atoms with van der Waals surface area (Å²) in [4.78, 5) is 14.0. The summed E-state index contributed by atoms with van der Waals surface area (Å²) >= 11 is 5.68. The highest BCUT2D eigenvalue weighted by molar-refractivity contribution is 6.29. The third kappa shape index (κ3) is 3.30. The van der Waals surface area contributed by atoms with E-state index in [2.05, 4.69) is 4.98 Å². The van der Waals surface area contributed by atoms with Gasteiger partial charge in [0.2, 0.25) is 5.88 Å². The summed E-state index contributed by atoms with van der Waals surface area (Å²) in [6, 6.07) is 2.51. The summed E-state index contributed by atoms with van der Waals surface area (Å²) in [5, 5.41) is 10.7. The van der Waals surface area contributed by atoms with Crippen LogP contribution in [0, 0.1) is 16.0 Å². The van der Waals surface area contributed by atoms with Crippen molar-refractivity contribution in [2.45, 2.75) is 25.7 Å². The van der Waals surface area contributed by atoms with E-state index < -0.39 is 4.92 Å². The standard InChI is InChI=1S/C11H13ClN2O3/c12-10-6-9(14(15)16)7-11(13-10)17-5-4-8-2-1-3-8/h6-8H,1-5H2. The first kappa shape index (κ1) is 12.1. The van der Waals surface area contributed by atoms with Gasteiger partial charge in [0.15, 0.2) is 0 Å². The summed E-state index contributed by atoms with van der Waals surface area (Å²) in [6.45, 7) is 0.537. The van der Waals surface area contributed by atoms with Gasteiger partial charge in [-0.1, -0.05) is 30.9 Å². The lowest BCUT2D eigenvalue weighted by atomic mass is 9.83. The molecule has 1 aromatic heterocycles. The van der Waals surface area contributed by atoms with Gasteiger partial charge in [0.05, 0.1) is 23.7 Å². The van der Waals surface area contributed by atoms with Crippen LogP contribution in [-0.2, 0) is 0 Å². The highest BCUT2D eigenvalue weighted by atomic mass is 35.5. The number of nitro groups is 1. The van der Waals surface area contributed by atoms with E-state index in [1.54, 1.807) is 0 Å². The van der Waals surface area contributed by atoms with Crippen LogP contribution in [0.2, 0.25) is 5.15 Å². The van der Waals surface area contributed by atoms with Crippen molar-refractivity contribution >= 4 is 17.3 Å². The van der Waals surface area contributed by atoms with Gasteiger partial charge in [0.1, 0.15) is 5.15 Å². The van der Waals surface area contributed by atoms with Gasteiger partial charge in [-0.05, 0) is 12.3 Å². The summed E-state index contributed by atoms with van der Waals surface area (Å²) in [6.07, 6.45) is 4.78. The number of halogens is 1. The van der Waals surface area contributed by atoms with Crippen molar-refractivity contribution in [3.63, 3.8) is 0 Å². The quantitative estimate of drug-likeness (QED) is 0.461. The molecule has 0 N–H and O–H groups in total. The Hall–Kier alpha value is -1.36. The molecule has 0 amide bonds. The van der Waals surface area contributed by atoms with Crippen molar-refractivity contribution in [1.82, 2.24) is 4.98 Å². The van der Waals surface area contributed by atoms with Crippen LogP contribution in [0.5, 0.6) is 5.88 Å². The van der Waals surface area contributed by atoms with Gasteiger partial charge in [-0.3, -0.25) is 10.1 Å². The third-order valence-electron chi connectivity index (χ3n) is 2.97. The fourth-order valence-corrected chi connectivity index (χ4v) is 1.95. The van der Waals surface area contributed by atoms with Crippen molar-refractivity contribution in [2.24, 2.45) is 5.92 Å². The van der Waals surface area contributed by atoms with E-state index in [4.69, 9.17) is 16.3 Å². The Bertz CT molecular complexity index is 421. The van der Waals surface area contributed by atoms with E-state index in [0.29, 0.717) is 6.61 Å². The number of ether oxygens (including phenoxy) is 1. The van der Waals surface area contributed by atoms with Crippen LogP contribution < -0.4 is 4.74 Å². The minimum Gasteiger partial charge on any atom is -0.477 e. The van der Waals surface area contributed by atoms with Crippen molar-refractivity contribution in [3.05, 3.63) is 27.4 Å². The molecule has 1 fully saturated rings. The minimum absolute atomic E-state index is 0.0813.